The molecule has 0 spiro atoms. The number of piperidine rings is 1. The minimum atomic E-state index is -1.12. The minimum Gasteiger partial charge on any atom is -0.481 e. The molecule has 1 fully saturated rings. The molecule has 3 rings (SSSR count). The Bertz CT molecular complexity index is 978. The van der Waals surface area contributed by atoms with Crippen molar-refractivity contribution in [3.05, 3.63) is 69.7 Å². The van der Waals surface area contributed by atoms with E-state index in [0.717, 1.165) is 11.1 Å². The second kappa shape index (κ2) is 9.82. The highest BCUT2D eigenvalue weighted by Gasteiger charge is 2.52. The summed E-state index contributed by atoms with van der Waals surface area (Å²) in [4.78, 5) is 27.3. The number of likely N-dealkylation sites (tertiary alicyclic amines) is 1. The molecule has 7 heteroatoms. The van der Waals surface area contributed by atoms with Crippen LogP contribution in [0.15, 0.2) is 48.5 Å². The van der Waals surface area contributed by atoms with E-state index in [1.165, 1.54) is 0 Å². The van der Waals surface area contributed by atoms with Crippen LogP contribution in [0, 0.1) is 5.41 Å². The number of carbonyl (C=O) groups excluding carboxylic acids is 1. The van der Waals surface area contributed by atoms with Gasteiger partial charge in [0.1, 0.15) is 0 Å². The molecule has 32 heavy (non-hydrogen) atoms. The summed E-state index contributed by atoms with van der Waals surface area (Å²) in [6.45, 7) is 5.29. The van der Waals surface area contributed by atoms with Gasteiger partial charge in [0.15, 0.2) is 0 Å². The van der Waals surface area contributed by atoms with Gasteiger partial charge in [0.05, 0.1) is 30.0 Å². The van der Waals surface area contributed by atoms with Crippen molar-refractivity contribution in [3.63, 3.8) is 0 Å². The Balaban J connectivity index is 2.25. The van der Waals surface area contributed by atoms with Gasteiger partial charge in [-0.05, 0) is 55.2 Å². The maximum absolute atomic E-state index is 13.9. The number of carboxylic acids is 1. The molecule has 5 nitrogen and oxygen atoms in total. The number of halogens is 2. The summed E-state index contributed by atoms with van der Waals surface area (Å²) in [5.74, 6) is -1.50. The molecule has 1 heterocycles. The number of hydrogen-bond donors (Lipinski definition) is 2. The molecule has 0 bridgehead atoms. The lowest BCUT2D eigenvalue weighted by molar-refractivity contribution is -0.163. The molecule has 0 radical (unpaired) electrons. The SMILES string of the molecule is CC[C@H]([C@@H](C)O)N1C(=O)[C@](C)(CC(=O)O)C[C@@H](c2cccc(Cl)c2)[C@@H]1c1ccc(Cl)cc1. The molecule has 2 N–H and O–H groups in total. The van der Waals surface area contributed by atoms with Gasteiger partial charge in [-0.3, -0.25) is 9.59 Å². The summed E-state index contributed by atoms with van der Waals surface area (Å²) in [5, 5.41) is 21.3. The van der Waals surface area contributed by atoms with Crippen molar-refractivity contribution in [1.82, 2.24) is 4.90 Å². The molecular formula is C25H29Cl2NO4. The van der Waals surface area contributed by atoms with Gasteiger partial charge in [-0.15, -0.1) is 0 Å². The fourth-order valence-corrected chi connectivity index (χ4v) is 5.34. The van der Waals surface area contributed by atoms with Crippen molar-refractivity contribution in [1.29, 1.82) is 0 Å². The first-order valence-corrected chi connectivity index (χ1v) is 11.6. The maximum Gasteiger partial charge on any atom is 0.304 e. The number of aliphatic carboxylic acids is 1. The Morgan fingerprint density at radius 1 is 1.16 bits per heavy atom. The van der Waals surface area contributed by atoms with Gasteiger partial charge in [-0.1, -0.05) is 61.3 Å². The topological polar surface area (TPSA) is 77.8 Å². The lowest BCUT2D eigenvalue weighted by Gasteiger charge is -2.52. The van der Waals surface area contributed by atoms with E-state index in [-0.39, 0.29) is 18.2 Å². The largest absolute Gasteiger partial charge is 0.481 e. The van der Waals surface area contributed by atoms with Crippen LogP contribution < -0.4 is 0 Å². The van der Waals surface area contributed by atoms with Crippen molar-refractivity contribution in [2.75, 3.05) is 0 Å². The predicted octanol–water partition coefficient (Wildman–Crippen LogP) is 5.69. The average Bonchev–Trinajstić information content (AvgIpc) is 2.71. The van der Waals surface area contributed by atoms with Gasteiger partial charge >= 0.3 is 5.97 Å². The molecule has 0 aliphatic carbocycles. The summed E-state index contributed by atoms with van der Waals surface area (Å²) >= 11 is 12.4. The van der Waals surface area contributed by atoms with Crippen molar-refractivity contribution in [2.45, 2.75) is 64.1 Å². The van der Waals surface area contributed by atoms with E-state index in [9.17, 15) is 19.8 Å². The standard InChI is InChI=1S/C25H29Cl2NO4/c1-4-21(15(2)29)28-23(16-8-10-18(26)11-9-16)20(17-6-5-7-19(27)12-17)13-25(3,24(28)32)14-22(30)31/h5-12,15,20-21,23,29H,4,13-14H2,1-3H3,(H,30,31)/t15-,20+,21-,23+,25+/m1/s1. The number of hydrogen-bond acceptors (Lipinski definition) is 3. The number of rotatable bonds is 7. The molecule has 0 aromatic heterocycles. The molecule has 0 saturated carbocycles. The number of carbonyl (C=O) groups is 2. The van der Waals surface area contributed by atoms with Crippen LogP contribution in [0.25, 0.3) is 0 Å². The van der Waals surface area contributed by atoms with E-state index in [4.69, 9.17) is 23.2 Å². The molecule has 2 aromatic carbocycles. The van der Waals surface area contributed by atoms with Crippen LogP contribution in [-0.2, 0) is 9.59 Å². The third-order valence-corrected chi connectivity index (χ3v) is 6.95. The average molecular weight is 478 g/mol. The van der Waals surface area contributed by atoms with E-state index >= 15 is 0 Å². The zero-order valence-electron chi connectivity index (χ0n) is 18.5. The summed E-state index contributed by atoms with van der Waals surface area (Å²) < 4.78 is 0. The van der Waals surface area contributed by atoms with Gasteiger partial charge in [0, 0.05) is 16.0 Å². The monoisotopic (exact) mass is 477 g/mol. The third-order valence-electron chi connectivity index (χ3n) is 6.46. The lowest BCUT2D eigenvalue weighted by atomic mass is 9.67. The van der Waals surface area contributed by atoms with Gasteiger partial charge in [-0.25, -0.2) is 0 Å². The summed E-state index contributed by atoms with van der Waals surface area (Å²) in [6, 6.07) is 13.9. The number of benzene rings is 2. The molecule has 172 valence electrons. The van der Waals surface area contributed by atoms with Crippen LogP contribution in [0.1, 0.15) is 63.1 Å². The summed E-state index contributed by atoms with van der Waals surface area (Å²) in [6.07, 6.45) is -0.202. The van der Waals surface area contributed by atoms with Crippen LogP contribution >= 0.6 is 23.2 Å². The fraction of sp³-hybridized carbons (Fsp3) is 0.440. The molecule has 1 aliphatic rings. The number of amides is 1. The second-order valence-electron chi connectivity index (χ2n) is 8.92. The smallest absolute Gasteiger partial charge is 0.304 e. The van der Waals surface area contributed by atoms with Crippen LogP contribution in [0.4, 0.5) is 0 Å². The zero-order valence-corrected chi connectivity index (χ0v) is 20.0. The van der Waals surface area contributed by atoms with Crippen LogP contribution in [0.5, 0.6) is 0 Å². The van der Waals surface area contributed by atoms with E-state index in [1.54, 1.807) is 36.9 Å². The first-order chi connectivity index (χ1) is 15.1. The molecule has 0 unspecified atom stereocenters. The van der Waals surface area contributed by atoms with E-state index < -0.39 is 29.6 Å². The van der Waals surface area contributed by atoms with E-state index in [0.29, 0.717) is 22.9 Å². The highest BCUT2D eigenvalue weighted by molar-refractivity contribution is 6.30. The van der Waals surface area contributed by atoms with Gasteiger partial charge in [0.2, 0.25) is 5.91 Å². The van der Waals surface area contributed by atoms with Crippen molar-refractivity contribution in [2.24, 2.45) is 5.41 Å². The Kier molecular flexibility index (Phi) is 7.53. The number of nitrogens with zero attached hydrogens (tertiary/aromatic N) is 1. The Labute approximate surface area is 199 Å². The van der Waals surface area contributed by atoms with Crippen LogP contribution in [0.3, 0.4) is 0 Å². The van der Waals surface area contributed by atoms with Crippen molar-refractivity contribution in [3.8, 4) is 0 Å². The second-order valence-corrected chi connectivity index (χ2v) is 9.79. The predicted molar refractivity (Wildman–Crippen MR) is 126 cm³/mol. The van der Waals surface area contributed by atoms with Crippen LogP contribution in [0.2, 0.25) is 10.0 Å². The van der Waals surface area contributed by atoms with E-state index in [2.05, 4.69) is 0 Å². The van der Waals surface area contributed by atoms with Crippen molar-refractivity contribution < 1.29 is 19.8 Å². The first kappa shape index (κ1) is 24.6. The van der Waals surface area contributed by atoms with Gasteiger partial charge in [0.25, 0.3) is 0 Å². The Morgan fingerprint density at radius 2 is 1.81 bits per heavy atom. The highest BCUT2D eigenvalue weighted by atomic mass is 35.5. The van der Waals surface area contributed by atoms with Gasteiger partial charge in [-0.2, -0.15) is 0 Å². The molecule has 1 aliphatic heterocycles. The van der Waals surface area contributed by atoms with E-state index in [1.807, 2.05) is 37.3 Å². The molecule has 1 amide bonds. The fourth-order valence-electron chi connectivity index (χ4n) is 5.02. The molecule has 1 saturated heterocycles. The molecule has 5 atom stereocenters. The Hall–Kier alpha value is -2.08. The Morgan fingerprint density at radius 3 is 2.34 bits per heavy atom. The van der Waals surface area contributed by atoms with Crippen molar-refractivity contribution >= 4 is 35.1 Å². The quantitative estimate of drug-likeness (QED) is 0.536. The normalized spacial score (nSPS) is 25.4. The third kappa shape index (κ3) is 4.95. The molecular weight excluding hydrogens is 449 g/mol. The minimum absolute atomic E-state index is 0.218. The highest BCUT2D eigenvalue weighted by Crippen LogP contribution is 2.52. The van der Waals surface area contributed by atoms with Gasteiger partial charge < -0.3 is 15.1 Å². The lowest BCUT2D eigenvalue weighted by Crippen LogP contribution is -2.58. The zero-order chi connectivity index (χ0) is 23.6. The summed E-state index contributed by atoms with van der Waals surface area (Å²) in [5.41, 5.74) is 0.681. The summed E-state index contributed by atoms with van der Waals surface area (Å²) in [7, 11) is 0. The van der Waals surface area contributed by atoms with Crippen LogP contribution in [-0.4, -0.2) is 39.1 Å². The number of aliphatic hydroxyl groups is 1. The molecule has 2 aromatic rings. The number of carboxylic acid groups (broad SMARTS) is 1. The maximum atomic E-state index is 13.9. The number of aliphatic hydroxyl groups excluding tert-OH is 1. The first-order valence-electron chi connectivity index (χ1n) is 10.8.